The molecule has 0 atom stereocenters. The fourth-order valence-corrected chi connectivity index (χ4v) is 2.95. The van der Waals surface area contributed by atoms with E-state index in [1.807, 2.05) is 30.3 Å². The standard InChI is InChI=1S/C22H18NO5.Pd/c1-27-21(25)13-18(22(26)28-2)17-12-20(24)23(14-15-8-4-3-5-9-15)19-11-7-6-10-16(17)19;/h3-12H,14H2,1-2H3;/q-1;. The number of carbonyl (C=O) groups is 2. The van der Waals surface area contributed by atoms with Crippen LogP contribution in [0.3, 0.4) is 0 Å². The molecule has 0 aliphatic rings. The summed E-state index contributed by atoms with van der Waals surface area (Å²) in [5.41, 5.74) is 1.39. The van der Waals surface area contributed by atoms with Crippen LogP contribution in [0.4, 0.5) is 0 Å². The number of pyridine rings is 1. The van der Waals surface area contributed by atoms with Crippen molar-refractivity contribution in [3.63, 3.8) is 0 Å². The summed E-state index contributed by atoms with van der Waals surface area (Å²) in [5, 5.41) is 0.620. The van der Waals surface area contributed by atoms with Gasteiger partial charge in [0.05, 0.1) is 20.8 Å². The van der Waals surface area contributed by atoms with Crippen LogP contribution in [-0.2, 0) is 46.0 Å². The summed E-state index contributed by atoms with van der Waals surface area (Å²) >= 11 is 0. The Morgan fingerprint density at radius 3 is 2.28 bits per heavy atom. The van der Waals surface area contributed by atoms with Gasteiger partial charge in [0.1, 0.15) is 0 Å². The first-order valence-electron chi connectivity index (χ1n) is 8.52. The van der Waals surface area contributed by atoms with Gasteiger partial charge in [0.15, 0.2) is 0 Å². The first-order chi connectivity index (χ1) is 13.5. The summed E-state index contributed by atoms with van der Waals surface area (Å²) in [5.74, 6) is -1.62. The summed E-state index contributed by atoms with van der Waals surface area (Å²) in [7, 11) is 2.38. The second-order valence-corrected chi connectivity index (χ2v) is 5.97. The van der Waals surface area contributed by atoms with Crippen LogP contribution in [0.15, 0.2) is 65.5 Å². The van der Waals surface area contributed by atoms with Crippen LogP contribution in [0.5, 0.6) is 0 Å². The average molecular weight is 483 g/mol. The Balaban J connectivity index is 0.00000300. The zero-order valence-electron chi connectivity index (χ0n) is 15.8. The number of fused-ring (bicyclic) bond motifs is 1. The molecule has 1 aromatic heterocycles. The largest absolute Gasteiger partial charge is 0.523 e. The average Bonchev–Trinajstić information content (AvgIpc) is 2.74. The number of para-hydroxylation sites is 1. The summed E-state index contributed by atoms with van der Waals surface area (Å²) < 4.78 is 11.0. The molecule has 0 saturated heterocycles. The van der Waals surface area contributed by atoms with Gasteiger partial charge < -0.3 is 18.8 Å². The molecular formula is C22H18NO5Pd-. The SMILES string of the molecule is COC(=O)[C-]=C(C(=O)OC)c1cc(=O)n(Cc2ccccc2)c2ccccc12.[Pd]. The van der Waals surface area contributed by atoms with Gasteiger partial charge in [-0.25, -0.2) is 0 Å². The molecule has 0 radical (unpaired) electrons. The van der Waals surface area contributed by atoms with E-state index in [0.717, 1.165) is 5.56 Å². The molecule has 7 heteroatoms. The van der Waals surface area contributed by atoms with Crippen molar-refractivity contribution in [2.24, 2.45) is 0 Å². The predicted octanol–water partition coefficient (Wildman–Crippen LogP) is 2.58. The second kappa shape index (κ2) is 9.97. The van der Waals surface area contributed by atoms with Gasteiger partial charge in [-0.05, 0) is 23.1 Å². The van der Waals surface area contributed by atoms with E-state index in [0.29, 0.717) is 17.4 Å². The minimum atomic E-state index is -0.835. The van der Waals surface area contributed by atoms with Gasteiger partial charge in [0.2, 0.25) is 11.5 Å². The quantitative estimate of drug-likeness (QED) is 0.242. The Kier molecular flexibility index (Phi) is 7.66. The van der Waals surface area contributed by atoms with Crippen molar-refractivity contribution in [1.29, 1.82) is 0 Å². The van der Waals surface area contributed by atoms with Crippen LogP contribution in [0, 0.1) is 6.08 Å². The molecule has 0 aliphatic carbocycles. The number of rotatable bonds is 5. The summed E-state index contributed by atoms with van der Waals surface area (Å²) in [6.45, 7) is 0.373. The number of aromatic nitrogens is 1. The number of hydrogen-bond donors (Lipinski definition) is 0. The Hall–Kier alpha value is -3.01. The smallest absolute Gasteiger partial charge is 0.270 e. The first kappa shape index (κ1) is 22.3. The van der Waals surface area contributed by atoms with Gasteiger partial charge in [-0.15, -0.1) is 5.56 Å². The van der Waals surface area contributed by atoms with Gasteiger partial charge in [-0.2, -0.15) is 0 Å². The maximum Gasteiger partial charge on any atom is 0.270 e. The number of nitrogens with zero attached hydrogens (tertiary/aromatic N) is 1. The van der Waals surface area contributed by atoms with Gasteiger partial charge in [0.25, 0.3) is 5.97 Å². The van der Waals surface area contributed by atoms with Crippen molar-refractivity contribution in [1.82, 2.24) is 4.57 Å². The number of benzene rings is 2. The van der Waals surface area contributed by atoms with Gasteiger partial charge in [-0.1, -0.05) is 60.2 Å². The molecule has 2 aromatic carbocycles. The number of ether oxygens (including phenoxy) is 2. The van der Waals surface area contributed by atoms with E-state index in [1.54, 1.807) is 28.8 Å². The summed E-state index contributed by atoms with van der Waals surface area (Å²) in [6, 6.07) is 18.0. The number of carbonyl (C=O) groups excluding carboxylic acids is 2. The topological polar surface area (TPSA) is 74.6 Å². The Bertz CT molecular complexity index is 1120. The van der Waals surface area contributed by atoms with E-state index in [-0.39, 0.29) is 37.1 Å². The molecule has 152 valence electrons. The Morgan fingerprint density at radius 1 is 0.966 bits per heavy atom. The molecule has 6 nitrogen and oxygen atoms in total. The van der Waals surface area contributed by atoms with E-state index in [2.05, 4.69) is 10.8 Å². The van der Waals surface area contributed by atoms with Crippen LogP contribution in [-0.4, -0.2) is 30.7 Å². The molecule has 0 unspecified atom stereocenters. The van der Waals surface area contributed by atoms with E-state index in [4.69, 9.17) is 4.74 Å². The zero-order chi connectivity index (χ0) is 20.1. The predicted molar refractivity (Wildman–Crippen MR) is 104 cm³/mol. The summed E-state index contributed by atoms with van der Waals surface area (Å²) in [4.78, 5) is 36.8. The van der Waals surface area contributed by atoms with Crippen molar-refractivity contribution in [3.05, 3.63) is 88.2 Å². The van der Waals surface area contributed by atoms with Crippen molar-refractivity contribution < 1.29 is 39.5 Å². The minimum absolute atomic E-state index is 0. The Morgan fingerprint density at radius 2 is 1.62 bits per heavy atom. The molecule has 0 N–H and O–H groups in total. The molecule has 0 fully saturated rings. The zero-order valence-corrected chi connectivity index (χ0v) is 17.3. The molecule has 0 aliphatic heterocycles. The van der Waals surface area contributed by atoms with Crippen molar-refractivity contribution in [3.8, 4) is 0 Å². The van der Waals surface area contributed by atoms with Crippen molar-refractivity contribution >= 4 is 28.4 Å². The van der Waals surface area contributed by atoms with Gasteiger partial charge >= 0.3 is 0 Å². The summed E-state index contributed by atoms with van der Waals surface area (Å²) in [6.07, 6.45) is 2.36. The van der Waals surface area contributed by atoms with Crippen LogP contribution in [0.2, 0.25) is 0 Å². The van der Waals surface area contributed by atoms with Gasteiger partial charge in [-0.3, -0.25) is 9.59 Å². The minimum Gasteiger partial charge on any atom is -0.523 e. The number of hydrogen-bond acceptors (Lipinski definition) is 5. The third-order valence-corrected chi connectivity index (χ3v) is 4.27. The first-order valence-corrected chi connectivity index (χ1v) is 8.52. The monoisotopic (exact) mass is 482 g/mol. The van der Waals surface area contributed by atoms with Crippen molar-refractivity contribution in [2.75, 3.05) is 14.2 Å². The molecule has 0 bridgehead atoms. The fraction of sp³-hybridized carbons (Fsp3) is 0.136. The third kappa shape index (κ3) is 4.89. The van der Waals surface area contributed by atoms with Crippen LogP contribution in [0.1, 0.15) is 11.1 Å². The molecule has 0 saturated carbocycles. The van der Waals surface area contributed by atoms with Crippen LogP contribution in [0.25, 0.3) is 16.5 Å². The van der Waals surface area contributed by atoms with E-state index >= 15 is 0 Å². The number of esters is 2. The van der Waals surface area contributed by atoms with E-state index in [9.17, 15) is 14.4 Å². The van der Waals surface area contributed by atoms with E-state index in [1.165, 1.54) is 20.3 Å². The molecule has 1 heterocycles. The maximum absolute atomic E-state index is 12.9. The maximum atomic E-state index is 12.9. The third-order valence-electron chi connectivity index (χ3n) is 4.27. The molecule has 3 aromatic rings. The van der Waals surface area contributed by atoms with Crippen LogP contribution >= 0.6 is 0 Å². The van der Waals surface area contributed by atoms with E-state index < -0.39 is 11.9 Å². The molecule has 0 amide bonds. The van der Waals surface area contributed by atoms with Gasteiger partial charge in [0, 0.05) is 25.9 Å². The van der Waals surface area contributed by atoms with Crippen LogP contribution < -0.4 is 5.56 Å². The molecular weight excluding hydrogens is 465 g/mol. The normalized spacial score (nSPS) is 10.9. The second-order valence-electron chi connectivity index (χ2n) is 5.97. The molecule has 3 rings (SSSR count). The number of methoxy groups -OCH3 is 2. The van der Waals surface area contributed by atoms with Crippen molar-refractivity contribution in [2.45, 2.75) is 6.54 Å². The molecule has 0 spiro atoms. The molecule has 29 heavy (non-hydrogen) atoms. The fourth-order valence-electron chi connectivity index (χ4n) is 2.95. The Labute approximate surface area is 181 Å².